The number of aromatic hydroxyl groups is 1. The molecule has 7 heteroatoms. The molecule has 0 radical (unpaired) electrons. The van der Waals surface area contributed by atoms with Gasteiger partial charge in [0, 0.05) is 19.1 Å². The topological polar surface area (TPSA) is 120 Å². The summed E-state index contributed by atoms with van der Waals surface area (Å²) < 4.78 is 0. The average molecular weight is 419 g/mol. The van der Waals surface area contributed by atoms with Crippen LogP contribution in [-0.2, 0) is 6.54 Å². The van der Waals surface area contributed by atoms with Gasteiger partial charge in [-0.2, -0.15) is 10.2 Å². The molecule has 31 heavy (non-hydrogen) atoms. The fraction of sp³-hybridized carbons (Fsp3) is 0.542. The molecule has 0 aliphatic heterocycles. The fourth-order valence-electron chi connectivity index (χ4n) is 6.43. The minimum atomic E-state index is 0.237. The van der Waals surface area contributed by atoms with Crippen molar-refractivity contribution in [3.63, 3.8) is 0 Å². The Bertz CT molecular complexity index is 1020. The summed E-state index contributed by atoms with van der Waals surface area (Å²) in [6, 6.07) is 7.88. The second-order valence-corrected chi connectivity index (χ2v) is 9.93. The van der Waals surface area contributed by atoms with Crippen LogP contribution >= 0.6 is 0 Å². The van der Waals surface area contributed by atoms with Gasteiger partial charge in [-0.1, -0.05) is 6.07 Å². The van der Waals surface area contributed by atoms with E-state index in [1.165, 1.54) is 32.1 Å². The number of hydrogen-bond donors (Lipinski definition) is 4. The summed E-state index contributed by atoms with van der Waals surface area (Å²) in [7, 11) is 0. The number of aryl methyl sites for hydroxylation is 1. The van der Waals surface area contributed by atoms with Gasteiger partial charge in [0.1, 0.15) is 23.2 Å². The van der Waals surface area contributed by atoms with Gasteiger partial charge >= 0.3 is 0 Å². The van der Waals surface area contributed by atoms with Gasteiger partial charge in [0.2, 0.25) is 5.95 Å². The van der Waals surface area contributed by atoms with E-state index in [-0.39, 0.29) is 11.2 Å². The number of phenolic OH excluding ortho intramolecular Hbond substituents is 1. The lowest BCUT2D eigenvalue weighted by molar-refractivity contribution is -0.0591. The summed E-state index contributed by atoms with van der Waals surface area (Å²) in [6.45, 7) is 3.33. The Morgan fingerprint density at radius 2 is 2.00 bits per heavy atom. The van der Waals surface area contributed by atoms with Crippen LogP contribution in [0.15, 0.2) is 24.4 Å². The molecule has 0 saturated heterocycles. The van der Waals surface area contributed by atoms with Gasteiger partial charge in [-0.15, -0.1) is 0 Å². The van der Waals surface area contributed by atoms with Crippen molar-refractivity contribution in [3.05, 3.63) is 41.1 Å². The van der Waals surface area contributed by atoms with Crippen molar-refractivity contribution in [2.75, 3.05) is 17.2 Å². The zero-order chi connectivity index (χ0) is 21.6. The van der Waals surface area contributed by atoms with E-state index in [1.807, 2.05) is 13.0 Å². The van der Waals surface area contributed by atoms with Crippen LogP contribution in [0.5, 0.6) is 5.75 Å². The van der Waals surface area contributed by atoms with E-state index in [4.69, 9.17) is 5.73 Å². The maximum atomic E-state index is 9.74. The molecule has 1 aromatic heterocycles. The first-order valence-electron chi connectivity index (χ1n) is 11.2. The molecule has 7 nitrogen and oxygen atoms in total. The minimum absolute atomic E-state index is 0.237. The highest BCUT2D eigenvalue weighted by Gasteiger charge is 2.54. The van der Waals surface area contributed by atoms with Crippen LogP contribution < -0.4 is 16.4 Å². The third-order valence-corrected chi connectivity index (χ3v) is 7.78. The summed E-state index contributed by atoms with van der Waals surface area (Å²) >= 11 is 0. The highest BCUT2D eigenvalue weighted by Crippen LogP contribution is 2.59. The molecule has 162 valence electrons. The van der Waals surface area contributed by atoms with Gasteiger partial charge in [0.25, 0.3) is 0 Å². The lowest BCUT2D eigenvalue weighted by Crippen LogP contribution is -2.58. The molecule has 1 aromatic carbocycles. The highest BCUT2D eigenvalue weighted by atomic mass is 16.3. The van der Waals surface area contributed by atoms with E-state index < -0.39 is 0 Å². The van der Waals surface area contributed by atoms with E-state index in [9.17, 15) is 10.4 Å². The maximum Gasteiger partial charge on any atom is 0.224 e. The Hall–Kier alpha value is -2.85. The van der Waals surface area contributed by atoms with Crippen LogP contribution in [0.1, 0.15) is 48.8 Å². The van der Waals surface area contributed by atoms with Crippen molar-refractivity contribution in [2.45, 2.75) is 51.6 Å². The van der Waals surface area contributed by atoms with Crippen molar-refractivity contribution in [1.82, 2.24) is 9.97 Å². The van der Waals surface area contributed by atoms with Crippen LogP contribution in [0.3, 0.4) is 0 Å². The summed E-state index contributed by atoms with van der Waals surface area (Å²) in [4.78, 5) is 8.90. The molecule has 4 bridgehead atoms. The lowest BCUT2D eigenvalue weighted by Gasteiger charge is -2.59. The molecule has 4 aliphatic carbocycles. The number of nitrogens with two attached hydrogens (primary N) is 1. The lowest BCUT2D eigenvalue weighted by atomic mass is 9.48. The Morgan fingerprint density at radius 1 is 1.23 bits per heavy atom. The Kier molecular flexibility index (Phi) is 4.98. The van der Waals surface area contributed by atoms with E-state index >= 15 is 0 Å². The predicted octanol–water partition coefficient (Wildman–Crippen LogP) is 3.54. The summed E-state index contributed by atoms with van der Waals surface area (Å²) in [5, 5.41) is 26.0. The minimum Gasteiger partial charge on any atom is -0.508 e. The number of anilines is 2. The zero-order valence-electron chi connectivity index (χ0n) is 17.9. The molecule has 0 spiro atoms. The number of hydrogen-bond acceptors (Lipinski definition) is 7. The van der Waals surface area contributed by atoms with Crippen LogP contribution in [0.2, 0.25) is 0 Å². The average Bonchev–Trinajstić information content (AvgIpc) is 2.76. The van der Waals surface area contributed by atoms with Gasteiger partial charge in [-0.25, -0.2) is 4.98 Å². The highest BCUT2D eigenvalue weighted by molar-refractivity contribution is 5.53. The van der Waals surface area contributed by atoms with Crippen molar-refractivity contribution in [1.29, 1.82) is 5.26 Å². The van der Waals surface area contributed by atoms with Crippen LogP contribution in [-0.4, -0.2) is 27.7 Å². The Labute approximate surface area is 183 Å². The molecule has 4 aliphatic rings. The van der Waals surface area contributed by atoms with E-state index in [2.05, 4.69) is 26.7 Å². The quantitative estimate of drug-likeness (QED) is 0.566. The van der Waals surface area contributed by atoms with Gasteiger partial charge < -0.3 is 21.5 Å². The maximum absolute atomic E-state index is 9.74. The molecular formula is C24H30N6O. The number of nitrogens with one attached hydrogen (secondary N) is 2. The SMILES string of the molecule is Cc1ccc(O)cc1CNc1ncc(C#N)c(NC[C@]23CC4C[C@H](C2)[C@@H](N)[C@@H](C4)C3)n1. The van der Waals surface area contributed by atoms with Crippen molar-refractivity contribution in [3.8, 4) is 11.8 Å². The van der Waals surface area contributed by atoms with E-state index in [1.54, 1.807) is 18.3 Å². The van der Waals surface area contributed by atoms with Gasteiger partial charge in [0.15, 0.2) is 0 Å². The largest absolute Gasteiger partial charge is 0.508 e. The van der Waals surface area contributed by atoms with E-state index in [0.717, 1.165) is 23.6 Å². The summed E-state index contributed by atoms with van der Waals surface area (Å²) in [5.41, 5.74) is 9.28. The third kappa shape index (κ3) is 3.81. The number of benzene rings is 1. The molecule has 4 saturated carbocycles. The van der Waals surface area contributed by atoms with Crippen molar-refractivity contribution < 1.29 is 5.11 Å². The predicted molar refractivity (Wildman–Crippen MR) is 119 cm³/mol. The van der Waals surface area contributed by atoms with Crippen LogP contribution in [0, 0.1) is 41.4 Å². The first kappa shape index (κ1) is 20.1. The Morgan fingerprint density at radius 3 is 2.74 bits per heavy atom. The number of rotatable bonds is 6. The second kappa shape index (κ2) is 7.69. The fourth-order valence-corrected chi connectivity index (χ4v) is 6.43. The van der Waals surface area contributed by atoms with Crippen molar-refractivity contribution in [2.24, 2.45) is 28.9 Å². The molecule has 2 aromatic rings. The van der Waals surface area contributed by atoms with Crippen LogP contribution in [0.25, 0.3) is 0 Å². The number of phenols is 1. The smallest absolute Gasteiger partial charge is 0.224 e. The normalized spacial score (nSPS) is 30.7. The standard InChI is InChI=1S/C24H30N6O/c1-14-2-3-20(31)6-18(14)11-27-23-28-12-19(10-25)22(30-23)29-13-24-7-15-4-16(8-24)21(26)17(5-15)9-24/h2-3,6,12,15-17,21,31H,4-5,7-9,11,13,26H2,1H3,(H2,27,28,29,30)/t15?,16-,17+,21-,24-. The molecule has 1 unspecified atom stereocenters. The first-order chi connectivity index (χ1) is 14.9. The van der Waals surface area contributed by atoms with Gasteiger partial charge in [-0.05, 0) is 85.5 Å². The first-order valence-corrected chi connectivity index (χ1v) is 11.2. The van der Waals surface area contributed by atoms with Gasteiger partial charge in [-0.3, -0.25) is 0 Å². The summed E-state index contributed by atoms with van der Waals surface area (Å²) in [5.74, 6) is 3.40. The van der Waals surface area contributed by atoms with E-state index in [0.29, 0.717) is 41.8 Å². The molecule has 5 N–H and O–H groups in total. The summed E-state index contributed by atoms with van der Waals surface area (Å²) in [6.07, 6.45) is 7.78. The molecular weight excluding hydrogens is 388 g/mol. The number of nitriles is 1. The van der Waals surface area contributed by atoms with Crippen molar-refractivity contribution >= 4 is 11.8 Å². The monoisotopic (exact) mass is 418 g/mol. The molecule has 6 rings (SSSR count). The molecule has 4 fully saturated rings. The third-order valence-electron chi connectivity index (χ3n) is 7.78. The zero-order valence-corrected chi connectivity index (χ0v) is 17.9. The number of aromatic nitrogens is 2. The molecule has 5 atom stereocenters. The number of nitrogens with zero attached hydrogens (tertiary/aromatic N) is 3. The molecule has 0 amide bonds. The van der Waals surface area contributed by atoms with Crippen LogP contribution in [0.4, 0.5) is 11.8 Å². The Balaban J connectivity index is 1.29. The van der Waals surface area contributed by atoms with Gasteiger partial charge in [0.05, 0.1) is 6.20 Å². The molecule has 1 heterocycles. The second-order valence-electron chi connectivity index (χ2n) is 9.93.